The van der Waals surface area contributed by atoms with E-state index in [9.17, 15) is 0 Å². The van der Waals surface area contributed by atoms with Gasteiger partial charge < -0.3 is 5.32 Å². The van der Waals surface area contributed by atoms with Gasteiger partial charge in [-0.05, 0) is 74.6 Å². The van der Waals surface area contributed by atoms with Gasteiger partial charge in [0.25, 0.3) is 0 Å². The number of hydrogen-bond donors (Lipinski definition) is 1. The van der Waals surface area contributed by atoms with Crippen LogP contribution in [-0.4, -0.2) is 24.7 Å². The Labute approximate surface area is 225 Å². The zero-order chi connectivity index (χ0) is 25.1. The molecule has 0 spiro atoms. The van der Waals surface area contributed by atoms with Gasteiger partial charge in [-0.3, -0.25) is 4.99 Å². The van der Waals surface area contributed by atoms with Crippen LogP contribution in [-0.2, 0) is 0 Å². The number of benzene rings is 3. The maximum atomic E-state index is 5.50. The molecule has 2 saturated carbocycles. The van der Waals surface area contributed by atoms with Crippen molar-refractivity contribution in [3.05, 3.63) is 102 Å². The fourth-order valence-electron chi connectivity index (χ4n) is 6.78. The minimum absolute atomic E-state index is 0.104. The molecule has 2 fully saturated rings. The fraction of sp³-hybridized carbons (Fsp3) is 0.424. The van der Waals surface area contributed by atoms with Gasteiger partial charge in [0.2, 0.25) is 0 Å². The average Bonchev–Trinajstić information content (AvgIpc) is 3.44. The molecule has 4 heteroatoms. The van der Waals surface area contributed by atoms with Crippen molar-refractivity contribution < 1.29 is 0 Å². The summed E-state index contributed by atoms with van der Waals surface area (Å²) in [4.78, 5) is 5.50. The van der Waals surface area contributed by atoms with Crippen LogP contribution in [0.2, 0.25) is 0 Å². The molecule has 1 heterocycles. The number of hydrogen-bond acceptors (Lipinski definition) is 2. The van der Waals surface area contributed by atoms with Gasteiger partial charge in [-0.1, -0.05) is 85.6 Å². The molecular weight excluding hydrogens is 466 g/mol. The predicted molar refractivity (Wildman–Crippen MR) is 165 cm³/mol. The van der Waals surface area contributed by atoms with Crippen molar-refractivity contribution in [2.75, 3.05) is 0 Å². The summed E-state index contributed by atoms with van der Waals surface area (Å²) < 4.78 is 0. The molecule has 0 unspecified atom stereocenters. The molecule has 2 atom stereocenters. The van der Waals surface area contributed by atoms with E-state index >= 15 is 0 Å². The molecule has 0 saturated heterocycles. The third kappa shape index (κ3) is 4.93. The highest BCUT2D eigenvalue weighted by atomic mass is 31.2. The lowest BCUT2D eigenvalue weighted by atomic mass is 9.95. The van der Waals surface area contributed by atoms with E-state index < -0.39 is 7.14 Å². The topological polar surface area (TPSA) is 24.4 Å². The summed E-state index contributed by atoms with van der Waals surface area (Å²) in [6.07, 6.45) is 14.7. The molecule has 192 valence electrons. The van der Waals surface area contributed by atoms with Crippen LogP contribution in [0.4, 0.5) is 0 Å². The van der Waals surface area contributed by atoms with Crippen molar-refractivity contribution in [3.63, 3.8) is 0 Å². The zero-order valence-electron chi connectivity index (χ0n) is 21.4. The second kappa shape index (κ2) is 11.2. The van der Waals surface area contributed by atoms with Crippen LogP contribution in [0.25, 0.3) is 0 Å². The first-order chi connectivity index (χ1) is 18.2. The monoisotopic (exact) mass is 508 g/mol. The molecule has 3 aromatic carbocycles. The Balaban J connectivity index is 1.44. The highest BCUT2D eigenvalue weighted by Crippen LogP contribution is 2.68. The minimum atomic E-state index is -1.12. The molecule has 0 amide bonds. The lowest BCUT2D eigenvalue weighted by molar-refractivity contribution is 0.485. The van der Waals surface area contributed by atoms with Crippen molar-refractivity contribution >= 4 is 25.8 Å². The molecule has 2 aliphatic carbocycles. The van der Waals surface area contributed by atoms with Gasteiger partial charge in [0.15, 0.2) is 0 Å². The third-order valence-electron chi connectivity index (χ3n) is 8.55. The number of rotatable bonds is 6. The van der Waals surface area contributed by atoms with Crippen molar-refractivity contribution in [3.8, 4) is 0 Å². The predicted octanol–water partition coefficient (Wildman–Crippen LogP) is 7.11. The Hall–Kier alpha value is -2.38. The van der Waals surface area contributed by atoms with Crippen molar-refractivity contribution in [1.82, 2.24) is 5.32 Å². The van der Waals surface area contributed by atoms with E-state index in [1.807, 2.05) is 0 Å². The summed E-state index contributed by atoms with van der Waals surface area (Å²) in [6.45, 7) is 0. The molecular formula is C33H42BN2P. The van der Waals surface area contributed by atoms with Crippen LogP contribution in [0.3, 0.4) is 0 Å². The maximum Gasteiger partial charge on any atom is 0.133 e. The quantitative estimate of drug-likeness (QED) is 0.279. The lowest BCUT2D eigenvalue weighted by Crippen LogP contribution is -2.38. The Morgan fingerprint density at radius 2 is 1.14 bits per heavy atom. The summed E-state index contributed by atoms with van der Waals surface area (Å²) >= 11 is 0. The molecule has 1 N–H and O–H groups in total. The Kier molecular flexibility index (Phi) is 7.52. The second-order valence-electron chi connectivity index (χ2n) is 10.9. The van der Waals surface area contributed by atoms with Crippen LogP contribution in [0.15, 0.2) is 89.9 Å². The summed E-state index contributed by atoms with van der Waals surface area (Å²) in [6, 6.07) is 31.8. The third-order valence-corrected chi connectivity index (χ3v) is 12.1. The highest BCUT2D eigenvalue weighted by molar-refractivity contribution is 8.04. The summed E-state index contributed by atoms with van der Waals surface area (Å²) in [5.74, 6) is 1.15. The van der Waals surface area contributed by atoms with Crippen molar-refractivity contribution in [2.45, 2.75) is 87.6 Å². The SMILES string of the molecule is [BH3-][P+](c1ccccc1C1=N[C@H](c2ccccc2)[C@@H](c2ccccc2)N1)(C1CCCCC1)C1CCCCC1. The Bertz CT molecular complexity index is 1180. The molecule has 37 heavy (non-hydrogen) atoms. The summed E-state index contributed by atoms with van der Waals surface area (Å²) in [5.41, 5.74) is 6.05. The number of amidine groups is 1. The molecule has 0 aromatic heterocycles. The summed E-state index contributed by atoms with van der Waals surface area (Å²) in [5, 5.41) is 5.75. The van der Waals surface area contributed by atoms with Gasteiger partial charge in [-0.15, -0.1) is 7.14 Å². The number of nitrogens with one attached hydrogen (secondary N) is 1. The first kappa shape index (κ1) is 24.9. The molecule has 1 aliphatic heterocycles. The van der Waals surface area contributed by atoms with E-state index in [0.29, 0.717) is 0 Å². The van der Waals surface area contributed by atoms with Crippen LogP contribution < -0.4 is 10.6 Å². The Morgan fingerprint density at radius 3 is 1.73 bits per heavy atom. The fourth-order valence-corrected chi connectivity index (χ4v) is 10.7. The molecule has 3 aliphatic rings. The molecule has 0 bridgehead atoms. The Morgan fingerprint density at radius 1 is 0.622 bits per heavy atom. The van der Waals surface area contributed by atoms with Crippen LogP contribution >= 0.6 is 7.14 Å². The lowest BCUT2D eigenvalue weighted by Gasteiger charge is -2.47. The van der Waals surface area contributed by atoms with Crippen molar-refractivity contribution in [1.29, 1.82) is 0 Å². The second-order valence-corrected chi connectivity index (χ2v) is 13.6. The van der Waals surface area contributed by atoms with E-state index in [1.165, 1.54) is 80.9 Å². The van der Waals surface area contributed by atoms with Gasteiger partial charge in [-0.2, -0.15) is 0 Å². The number of nitrogens with zero attached hydrogens (tertiary/aromatic N) is 1. The van der Waals surface area contributed by atoms with E-state index in [-0.39, 0.29) is 19.6 Å². The molecule has 6 rings (SSSR count). The molecule has 0 radical (unpaired) electrons. The van der Waals surface area contributed by atoms with Gasteiger partial charge in [-0.25, -0.2) is 0 Å². The standard InChI is InChI=1S/C33H42BN2P/c34-37(27-19-9-3-10-20-27,28-21-11-4-12-22-28)30-24-14-13-23-29(30)33-35-31(25-15-5-1-6-16-25)32(36-33)26-17-7-2-8-18-26/h1-2,5-8,13-18,23-24,27-28,31-32H,3-4,9-12,19-22H2,34H3,(H,35,36)/t31-,32-/m1/s1. The molecule has 3 aromatic rings. The number of aliphatic imine (C=N–C) groups is 1. The maximum absolute atomic E-state index is 5.50. The van der Waals surface area contributed by atoms with E-state index in [0.717, 1.165) is 17.2 Å². The van der Waals surface area contributed by atoms with Crippen LogP contribution in [0, 0.1) is 0 Å². The van der Waals surface area contributed by atoms with E-state index in [2.05, 4.69) is 90.2 Å². The smallest absolute Gasteiger partial charge is 0.133 e. The van der Waals surface area contributed by atoms with Gasteiger partial charge in [0, 0.05) is 11.3 Å². The van der Waals surface area contributed by atoms with E-state index in [4.69, 9.17) is 4.99 Å². The molecule has 2 nitrogen and oxygen atoms in total. The minimum Gasteiger partial charge on any atom is -0.360 e. The van der Waals surface area contributed by atoms with Gasteiger partial charge >= 0.3 is 0 Å². The summed E-state index contributed by atoms with van der Waals surface area (Å²) in [7, 11) is -0.925. The zero-order valence-corrected chi connectivity index (χ0v) is 22.3. The van der Waals surface area contributed by atoms with Crippen LogP contribution in [0.1, 0.15) is 93.0 Å². The van der Waals surface area contributed by atoms with Crippen molar-refractivity contribution in [2.24, 2.45) is 4.99 Å². The average molecular weight is 508 g/mol. The first-order valence-electron chi connectivity index (χ1n) is 14.2. The largest absolute Gasteiger partial charge is 0.360 e. The first-order valence-corrected chi connectivity index (χ1v) is 15.7. The van der Waals surface area contributed by atoms with Gasteiger partial charge in [0.05, 0.1) is 16.9 Å². The van der Waals surface area contributed by atoms with Crippen LogP contribution in [0.5, 0.6) is 0 Å². The highest BCUT2D eigenvalue weighted by Gasteiger charge is 2.46. The van der Waals surface area contributed by atoms with Gasteiger partial charge in [0.1, 0.15) is 19.4 Å². The van der Waals surface area contributed by atoms with E-state index in [1.54, 1.807) is 5.30 Å². The normalized spacial score (nSPS) is 23.4.